The summed E-state index contributed by atoms with van der Waals surface area (Å²) in [5.74, 6) is 0.736. The van der Waals surface area contributed by atoms with Gasteiger partial charge in [-0.3, -0.25) is 5.43 Å². The zero-order valence-corrected chi connectivity index (χ0v) is 13.9. The fraction of sp³-hybridized carbons (Fsp3) is 0. The van der Waals surface area contributed by atoms with E-state index in [1.165, 1.54) is 0 Å². The number of benzene rings is 3. The van der Waals surface area contributed by atoms with E-state index >= 15 is 0 Å². The number of anilines is 1. The molecule has 1 heterocycles. The van der Waals surface area contributed by atoms with Gasteiger partial charge in [-0.1, -0.05) is 66.7 Å². The molecule has 0 aliphatic carbocycles. The standard InChI is InChI=1S/C21H16N4O/c26-19-13-7-4-10-16(19)14-22-24-21-18-12-6-5-11-17(18)20(23-25-21)15-8-2-1-3-9-15/h1-14,26H,(H,24,25)/b22-14+. The van der Waals surface area contributed by atoms with Gasteiger partial charge >= 0.3 is 0 Å². The lowest BCUT2D eigenvalue weighted by atomic mass is 10.0. The number of aromatic hydroxyl groups is 1. The Balaban J connectivity index is 1.70. The van der Waals surface area contributed by atoms with Crippen molar-refractivity contribution in [2.24, 2.45) is 5.10 Å². The zero-order valence-electron chi connectivity index (χ0n) is 13.9. The van der Waals surface area contributed by atoms with Crippen LogP contribution in [0, 0.1) is 0 Å². The fourth-order valence-corrected chi connectivity index (χ4v) is 2.76. The number of nitrogens with zero attached hydrogens (tertiary/aromatic N) is 3. The summed E-state index contributed by atoms with van der Waals surface area (Å²) < 4.78 is 0. The van der Waals surface area contributed by atoms with Crippen LogP contribution in [-0.2, 0) is 0 Å². The zero-order chi connectivity index (χ0) is 17.8. The summed E-state index contributed by atoms with van der Waals surface area (Å²) in [4.78, 5) is 0. The lowest BCUT2D eigenvalue weighted by molar-refractivity contribution is 0.474. The number of aromatic nitrogens is 2. The van der Waals surface area contributed by atoms with Crippen molar-refractivity contribution >= 4 is 22.8 Å². The second kappa shape index (κ2) is 7.03. The van der Waals surface area contributed by atoms with Gasteiger partial charge in [0.15, 0.2) is 5.82 Å². The van der Waals surface area contributed by atoms with Gasteiger partial charge in [0.2, 0.25) is 0 Å². The molecule has 0 saturated carbocycles. The van der Waals surface area contributed by atoms with Crippen LogP contribution in [-0.4, -0.2) is 21.5 Å². The first-order chi connectivity index (χ1) is 12.8. The van der Waals surface area contributed by atoms with Crippen LogP contribution in [0.15, 0.2) is 84.0 Å². The highest BCUT2D eigenvalue weighted by atomic mass is 16.3. The predicted octanol–water partition coefficient (Wildman–Crippen LogP) is 4.45. The summed E-state index contributed by atoms with van der Waals surface area (Å²) in [6, 6.07) is 24.9. The van der Waals surface area contributed by atoms with E-state index in [2.05, 4.69) is 20.7 Å². The van der Waals surface area contributed by atoms with Crippen LogP contribution >= 0.6 is 0 Å². The quantitative estimate of drug-likeness (QED) is 0.425. The average molecular weight is 340 g/mol. The van der Waals surface area contributed by atoms with E-state index in [-0.39, 0.29) is 5.75 Å². The smallest absolute Gasteiger partial charge is 0.176 e. The second-order valence-electron chi connectivity index (χ2n) is 5.74. The first kappa shape index (κ1) is 15.8. The summed E-state index contributed by atoms with van der Waals surface area (Å²) in [5, 5.41) is 24.6. The molecule has 0 saturated heterocycles. The molecule has 0 atom stereocenters. The average Bonchev–Trinajstić information content (AvgIpc) is 2.70. The molecular weight excluding hydrogens is 324 g/mol. The van der Waals surface area contributed by atoms with Gasteiger partial charge < -0.3 is 5.11 Å². The van der Waals surface area contributed by atoms with E-state index in [1.54, 1.807) is 24.4 Å². The van der Waals surface area contributed by atoms with Crippen LogP contribution in [0.5, 0.6) is 5.75 Å². The highest BCUT2D eigenvalue weighted by molar-refractivity contribution is 6.00. The highest BCUT2D eigenvalue weighted by Crippen LogP contribution is 2.29. The van der Waals surface area contributed by atoms with Crippen molar-refractivity contribution in [1.29, 1.82) is 0 Å². The number of para-hydroxylation sites is 1. The number of phenols is 1. The third-order valence-corrected chi connectivity index (χ3v) is 4.05. The minimum atomic E-state index is 0.174. The Labute approximate surface area is 150 Å². The van der Waals surface area contributed by atoms with E-state index in [0.29, 0.717) is 11.4 Å². The first-order valence-corrected chi connectivity index (χ1v) is 8.21. The van der Waals surface area contributed by atoms with Crippen LogP contribution in [0.25, 0.3) is 22.0 Å². The molecule has 4 aromatic rings. The van der Waals surface area contributed by atoms with Crippen molar-refractivity contribution in [2.75, 3.05) is 5.43 Å². The number of nitrogens with one attached hydrogen (secondary N) is 1. The Morgan fingerprint density at radius 1 is 0.769 bits per heavy atom. The third kappa shape index (κ3) is 3.10. The molecule has 0 fully saturated rings. The monoisotopic (exact) mass is 340 g/mol. The highest BCUT2D eigenvalue weighted by Gasteiger charge is 2.10. The fourth-order valence-electron chi connectivity index (χ4n) is 2.76. The van der Waals surface area contributed by atoms with Crippen molar-refractivity contribution in [3.05, 3.63) is 84.4 Å². The Morgan fingerprint density at radius 2 is 1.46 bits per heavy atom. The SMILES string of the molecule is Oc1ccccc1/C=N/Nc1nnc(-c2ccccc2)c2ccccc12. The van der Waals surface area contributed by atoms with Gasteiger partial charge in [-0.05, 0) is 12.1 Å². The minimum Gasteiger partial charge on any atom is -0.507 e. The second-order valence-corrected chi connectivity index (χ2v) is 5.74. The largest absolute Gasteiger partial charge is 0.507 e. The van der Waals surface area contributed by atoms with Crippen LogP contribution in [0.1, 0.15) is 5.56 Å². The molecule has 26 heavy (non-hydrogen) atoms. The molecule has 5 nitrogen and oxygen atoms in total. The Kier molecular flexibility index (Phi) is 4.26. The van der Waals surface area contributed by atoms with Gasteiger partial charge in [-0.15, -0.1) is 10.2 Å². The molecule has 0 aliphatic heterocycles. The molecule has 0 unspecified atom stereocenters. The minimum absolute atomic E-state index is 0.174. The predicted molar refractivity (Wildman–Crippen MR) is 104 cm³/mol. The van der Waals surface area contributed by atoms with E-state index in [4.69, 9.17) is 0 Å². The molecule has 0 spiro atoms. The van der Waals surface area contributed by atoms with Crippen LogP contribution < -0.4 is 5.43 Å². The van der Waals surface area contributed by atoms with Crippen molar-refractivity contribution < 1.29 is 5.11 Å². The molecule has 1 aromatic heterocycles. The van der Waals surface area contributed by atoms with E-state index in [0.717, 1.165) is 22.0 Å². The molecule has 2 N–H and O–H groups in total. The molecule has 3 aromatic carbocycles. The maximum Gasteiger partial charge on any atom is 0.176 e. The maximum atomic E-state index is 9.79. The Hall–Kier alpha value is -3.73. The molecule has 0 amide bonds. The van der Waals surface area contributed by atoms with Crippen LogP contribution in [0.3, 0.4) is 0 Å². The molecule has 0 aliphatic rings. The molecule has 4 rings (SSSR count). The number of hydrogen-bond donors (Lipinski definition) is 2. The summed E-state index contributed by atoms with van der Waals surface area (Å²) in [7, 11) is 0. The number of phenolic OH excluding ortho intramolecular Hbond substituents is 1. The molecule has 126 valence electrons. The normalized spacial score (nSPS) is 11.1. The first-order valence-electron chi connectivity index (χ1n) is 8.21. The molecule has 5 heteroatoms. The van der Waals surface area contributed by atoms with E-state index < -0.39 is 0 Å². The third-order valence-electron chi connectivity index (χ3n) is 4.05. The van der Waals surface area contributed by atoms with Crippen LogP contribution in [0.4, 0.5) is 5.82 Å². The van der Waals surface area contributed by atoms with Gasteiger partial charge in [-0.2, -0.15) is 5.10 Å². The lowest BCUT2D eigenvalue weighted by Gasteiger charge is -2.08. The number of hydrogen-bond acceptors (Lipinski definition) is 5. The van der Waals surface area contributed by atoms with Crippen molar-refractivity contribution in [3.63, 3.8) is 0 Å². The van der Waals surface area contributed by atoms with E-state index in [9.17, 15) is 5.11 Å². The number of rotatable bonds is 4. The molecule has 0 radical (unpaired) electrons. The van der Waals surface area contributed by atoms with Gasteiger partial charge in [0.1, 0.15) is 11.4 Å². The summed E-state index contributed by atoms with van der Waals surface area (Å²) in [6.45, 7) is 0. The lowest BCUT2D eigenvalue weighted by Crippen LogP contribution is -1.99. The Morgan fingerprint density at radius 3 is 2.27 bits per heavy atom. The molecule has 0 bridgehead atoms. The van der Waals surface area contributed by atoms with Crippen molar-refractivity contribution in [3.8, 4) is 17.0 Å². The van der Waals surface area contributed by atoms with Gasteiger partial charge in [-0.25, -0.2) is 0 Å². The summed E-state index contributed by atoms with van der Waals surface area (Å²) in [5.41, 5.74) is 5.39. The Bertz CT molecular complexity index is 1080. The van der Waals surface area contributed by atoms with Gasteiger partial charge in [0, 0.05) is 21.9 Å². The molecular formula is C21H16N4O. The summed E-state index contributed by atoms with van der Waals surface area (Å²) in [6.07, 6.45) is 1.55. The number of hydrazone groups is 1. The maximum absolute atomic E-state index is 9.79. The van der Waals surface area contributed by atoms with Crippen LogP contribution in [0.2, 0.25) is 0 Å². The topological polar surface area (TPSA) is 70.4 Å². The van der Waals surface area contributed by atoms with Crippen molar-refractivity contribution in [2.45, 2.75) is 0 Å². The number of fused-ring (bicyclic) bond motifs is 1. The summed E-state index contributed by atoms with van der Waals surface area (Å²) >= 11 is 0. The van der Waals surface area contributed by atoms with E-state index in [1.807, 2.05) is 60.7 Å². The van der Waals surface area contributed by atoms with Gasteiger partial charge in [0.25, 0.3) is 0 Å². The van der Waals surface area contributed by atoms with Crippen molar-refractivity contribution in [1.82, 2.24) is 10.2 Å². The van der Waals surface area contributed by atoms with Gasteiger partial charge in [0.05, 0.1) is 6.21 Å².